The van der Waals surface area contributed by atoms with Crippen molar-refractivity contribution in [3.05, 3.63) is 0 Å². The van der Waals surface area contributed by atoms with Gasteiger partial charge in [-0.2, -0.15) is 0 Å². The molecule has 2 aliphatic heterocycles. The minimum absolute atomic E-state index is 0.189. The van der Waals surface area contributed by atoms with Gasteiger partial charge in [0.25, 0.3) is 0 Å². The quantitative estimate of drug-likeness (QED) is 0.787. The van der Waals surface area contributed by atoms with E-state index in [0.717, 1.165) is 45.3 Å². The molecule has 0 aromatic carbocycles. The van der Waals surface area contributed by atoms with Gasteiger partial charge in [0.05, 0.1) is 17.8 Å². The highest BCUT2D eigenvalue weighted by Gasteiger charge is 2.38. The molecule has 0 amide bonds. The summed E-state index contributed by atoms with van der Waals surface area (Å²) in [6, 6.07) is 0. The average Bonchev–Trinajstić information content (AvgIpc) is 2.15. The molecule has 3 nitrogen and oxygen atoms in total. The molecule has 2 fully saturated rings. The number of aliphatic hydroxyl groups is 1. The Balaban J connectivity index is 1.90. The Bertz CT molecular complexity index is 213. The Kier molecular flexibility index (Phi) is 3.88. The van der Waals surface area contributed by atoms with Crippen LogP contribution in [0.4, 0.5) is 0 Å². The minimum atomic E-state index is -0.501. The molecule has 2 heterocycles. The summed E-state index contributed by atoms with van der Waals surface area (Å²) in [5.41, 5.74) is -0.501. The molecule has 0 bridgehead atoms. The van der Waals surface area contributed by atoms with Gasteiger partial charge in [0.15, 0.2) is 0 Å². The molecule has 0 radical (unpaired) electrons. The van der Waals surface area contributed by atoms with E-state index < -0.39 is 5.60 Å². The SMILES string of the molecule is CC1CC(O)(CC2CCOCC2)CC(C)O1. The van der Waals surface area contributed by atoms with Crippen LogP contribution in [0.25, 0.3) is 0 Å². The highest BCUT2D eigenvalue weighted by atomic mass is 16.5. The molecule has 0 aliphatic carbocycles. The third-order valence-electron chi connectivity index (χ3n) is 3.81. The molecule has 0 saturated carbocycles. The van der Waals surface area contributed by atoms with Gasteiger partial charge in [0.1, 0.15) is 0 Å². The normalized spacial score (nSPS) is 42.2. The van der Waals surface area contributed by atoms with E-state index in [-0.39, 0.29) is 12.2 Å². The summed E-state index contributed by atoms with van der Waals surface area (Å²) in [7, 11) is 0. The van der Waals surface area contributed by atoms with Crippen LogP contribution in [0, 0.1) is 5.92 Å². The number of ether oxygens (including phenoxy) is 2. The molecular weight excluding hydrogens is 204 g/mol. The summed E-state index contributed by atoms with van der Waals surface area (Å²) in [6.45, 7) is 5.85. The van der Waals surface area contributed by atoms with E-state index >= 15 is 0 Å². The summed E-state index contributed by atoms with van der Waals surface area (Å²) in [4.78, 5) is 0. The van der Waals surface area contributed by atoms with Crippen LogP contribution in [-0.4, -0.2) is 36.1 Å². The van der Waals surface area contributed by atoms with Crippen LogP contribution in [0.15, 0.2) is 0 Å². The fourth-order valence-electron chi connectivity index (χ4n) is 3.30. The largest absolute Gasteiger partial charge is 0.390 e. The van der Waals surface area contributed by atoms with Crippen molar-refractivity contribution in [2.45, 2.75) is 63.8 Å². The van der Waals surface area contributed by atoms with E-state index in [2.05, 4.69) is 13.8 Å². The van der Waals surface area contributed by atoms with E-state index in [4.69, 9.17) is 9.47 Å². The zero-order valence-corrected chi connectivity index (χ0v) is 10.4. The lowest BCUT2D eigenvalue weighted by molar-refractivity contribution is -0.142. The van der Waals surface area contributed by atoms with Crippen molar-refractivity contribution < 1.29 is 14.6 Å². The van der Waals surface area contributed by atoms with Gasteiger partial charge >= 0.3 is 0 Å². The molecule has 0 aromatic heterocycles. The second-order valence-corrected chi connectivity index (χ2v) is 5.65. The highest BCUT2D eigenvalue weighted by molar-refractivity contribution is 4.89. The Morgan fingerprint density at radius 2 is 1.69 bits per heavy atom. The number of rotatable bonds is 2. The van der Waals surface area contributed by atoms with Crippen LogP contribution in [0.3, 0.4) is 0 Å². The summed E-state index contributed by atoms with van der Waals surface area (Å²) in [5.74, 6) is 0.635. The molecule has 94 valence electrons. The number of hydrogen-bond donors (Lipinski definition) is 1. The van der Waals surface area contributed by atoms with E-state index in [0.29, 0.717) is 5.92 Å². The van der Waals surface area contributed by atoms with Gasteiger partial charge < -0.3 is 14.6 Å². The number of hydrogen-bond acceptors (Lipinski definition) is 3. The molecule has 2 saturated heterocycles. The first-order chi connectivity index (χ1) is 7.57. The second-order valence-electron chi connectivity index (χ2n) is 5.65. The first kappa shape index (κ1) is 12.3. The predicted molar refractivity (Wildman–Crippen MR) is 62.4 cm³/mol. The molecule has 2 atom stereocenters. The van der Waals surface area contributed by atoms with Gasteiger partial charge in [-0.15, -0.1) is 0 Å². The van der Waals surface area contributed by atoms with Crippen LogP contribution in [0.1, 0.15) is 46.0 Å². The van der Waals surface area contributed by atoms with Gasteiger partial charge in [-0.1, -0.05) is 0 Å². The van der Waals surface area contributed by atoms with Crippen molar-refractivity contribution in [1.82, 2.24) is 0 Å². The maximum absolute atomic E-state index is 10.6. The van der Waals surface area contributed by atoms with E-state index in [1.807, 2.05) is 0 Å². The second kappa shape index (κ2) is 5.03. The van der Waals surface area contributed by atoms with Gasteiger partial charge in [0, 0.05) is 26.1 Å². The summed E-state index contributed by atoms with van der Waals surface area (Å²) >= 11 is 0. The first-order valence-electron chi connectivity index (χ1n) is 6.53. The Morgan fingerprint density at radius 1 is 1.12 bits per heavy atom. The maximum atomic E-state index is 10.6. The van der Waals surface area contributed by atoms with Crippen LogP contribution >= 0.6 is 0 Å². The van der Waals surface area contributed by atoms with Crippen molar-refractivity contribution in [3.63, 3.8) is 0 Å². The third-order valence-corrected chi connectivity index (χ3v) is 3.81. The fraction of sp³-hybridized carbons (Fsp3) is 1.00. The Morgan fingerprint density at radius 3 is 2.25 bits per heavy atom. The lowest BCUT2D eigenvalue weighted by Gasteiger charge is -2.41. The summed E-state index contributed by atoms with van der Waals surface area (Å²) in [6.07, 6.45) is 5.08. The zero-order chi connectivity index (χ0) is 11.6. The molecule has 0 spiro atoms. The summed E-state index contributed by atoms with van der Waals surface area (Å²) in [5, 5.41) is 10.6. The third kappa shape index (κ3) is 3.19. The standard InChI is InChI=1S/C13H24O3/c1-10-7-13(14,8-11(2)16-10)9-12-3-5-15-6-4-12/h10-12,14H,3-9H2,1-2H3. The average molecular weight is 228 g/mol. The Hall–Kier alpha value is -0.120. The Labute approximate surface area is 98.1 Å². The molecule has 16 heavy (non-hydrogen) atoms. The van der Waals surface area contributed by atoms with Crippen molar-refractivity contribution in [2.24, 2.45) is 5.92 Å². The zero-order valence-electron chi connectivity index (χ0n) is 10.4. The molecule has 2 unspecified atom stereocenters. The molecule has 2 aliphatic rings. The fourth-order valence-corrected chi connectivity index (χ4v) is 3.30. The van der Waals surface area contributed by atoms with Crippen LogP contribution in [-0.2, 0) is 9.47 Å². The van der Waals surface area contributed by atoms with Crippen molar-refractivity contribution in [2.75, 3.05) is 13.2 Å². The molecular formula is C13H24O3. The predicted octanol–water partition coefficient (Wildman–Crippen LogP) is 2.12. The van der Waals surface area contributed by atoms with Gasteiger partial charge in [-0.05, 0) is 39.0 Å². The summed E-state index contributed by atoms with van der Waals surface area (Å²) < 4.78 is 11.0. The lowest BCUT2D eigenvalue weighted by Crippen LogP contribution is -2.45. The van der Waals surface area contributed by atoms with E-state index in [9.17, 15) is 5.11 Å². The lowest BCUT2D eigenvalue weighted by atomic mass is 9.78. The minimum Gasteiger partial charge on any atom is -0.390 e. The van der Waals surface area contributed by atoms with Crippen LogP contribution < -0.4 is 0 Å². The monoisotopic (exact) mass is 228 g/mol. The topological polar surface area (TPSA) is 38.7 Å². The maximum Gasteiger partial charge on any atom is 0.0699 e. The smallest absolute Gasteiger partial charge is 0.0699 e. The van der Waals surface area contributed by atoms with Gasteiger partial charge in [-0.25, -0.2) is 0 Å². The van der Waals surface area contributed by atoms with E-state index in [1.54, 1.807) is 0 Å². The van der Waals surface area contributed by atoms with Gasteiger partial charge in [0.2, 0.25) is 0 Å². The molecule has 0 aromatic rings. The van der Waals surface area contributed by atoms with Crippen LogP contribution in [0.5, 0.6) is 0 Å². The van der Waals surface area contributed by atoms with Crippen LogP contribution in [0.2, 0.25) is 0 Å². The first-order valence-corrected chi connectivity index (χ1v) is 6.53. The molecule has 3 heteroatoms. The van der Waals surface area contributed by atoms with Crippen molar-refractivity contribution in [1.29, 1.82) is 0 Å². The molecule has 1 N–H and O–H groups in total. The highest BCUT2D eigenvalue weighted by Crippen LogP contribution is 2.36. The van der Waals surface area contributed by atoms with Crippen molar-refractivity contribution >= 4 is 0 Å². The van der Waals surface area contributed by atoms with Crippen molar-refractivity contribution in [3.8, 4) is 0 Å². The van der Waals surface area contributed by atoms with Gasteiger partial charge in [-0.3, -0.25) is 0 Å². The molecule has 2 rings (SSSR count). The van der Waals surface area contributed by atoms with E-state index in [1.165, 1.54) is 0 Å².